The molecule has 1 fully saturated rings. The zero-order chi connectivity index (χ0) is 16.8. The highest BCUT2D eigenvalue weighted by Crippen LogP contribution is 2.13. The van der Waals surface area contributed by atoms with Gasteiger partial charge in [-0.25, -0.2) is 4.79 Å². The van der Waals surface area contributed by atoms with Gasteiger partial charge in [-0.3, -0.25) is 4.79 Å². The van der Waals surface area contributed by atoms with Crippen LogP contribution < -0.4 is 5.32 Å². The first-order chi connectivity index (χ1) is 11.0. The van der Waals surface area contributed by atoms with Gasteiger partial charge in [-0.1, -0.05) is 25.4 Å². The molecule has 1 heterocycles. The molecule has 0 atom stereocenters. The number of benzene rings is 1. The Bertz CT molecular complexity index is 545. The van der Waals surface area contributed by atoms with Crippen LogP contribution in [0.3, 0.4) is 0 Å². The molecule has 0 radical (unpaired) electrons. The molecule has 0 unspecified atom stereocenters. The lowest BCUT2D eigenvalue weighted by Gasteiger charge is -2.23. The highest BCUT2D eigenvalue weighted by Gasteiger charge is 2.22. The van der Waals surface area contributed by atoms with E-state index in [1.54, 1.807) is 34.1 Å². The molecule has 1 aromatic carbocycles. The number of carbonyl (C=O) groups is 2. The number of nitrogens with zero attached hydrogens (tertiary/aromatic N) is 2. The van der Waals surface area contributed by atoms with E-state index in [4.69, 9.17) is 11.6 Å². The maximum absolute atomic E-state index is 12.5. The molecule has 0 aliphatic carbocycles. The van der Waals surface area contributed by atoms with Gasteiger partial charge in [0, 0.05) is 43.3 Å². The van der Waals surface area contributed by atoms with Gasteiger partial charge in [-0.2, -0.15) is 0 Å². The molecule has 1 saturated heterocycles. The number of hydrogen-bond acceptors (Lipinski definition) is 2. The van der Waals surface area contributed by atoms with Crippen LogP contribution in [-0.4, -0.2) is 54.5 Å². The smallest absolute Gasteiger partial charge is 0.317 e. The Morgan fingerprint density at radius 1 is 1.09 bits per heavy atom. The Morgan fingerprint density at radius 2 is 1.70 bits per heavy atom. The third-order valence-electron chi connectivity index (χ3n) is 3.82. The van der Waals surface area contributed by atoms with Gasteiger partial charge >= 0.3 is 6.03 Å². The maximum Gasteiger partial charge on any atom is 0.317 e. The predicted molar refractivity (Wildman–Crippen MR) is 91.8 cm³/mol. The van der Waals surface area contributed by atoms with E-state index in [1.165, 1.54) is 0 Å². The largest absolute Gasteiger partial charge is 0.338 e. The maximum atomic E-state index is 12.5. The van der Waals surface area contributed by atoms with Crippen LogP contribution in [-0.2, 0) is 0 Å². The van der Waals surface area contributed by atoms with E-state index in [-0.39, 0.29) is 11.9 Å². The molecule has 1 N–H and O–H groups in total. The van der Waals surface area contributed by atoms with Gasteiger partial charge in [-0.15, -0.1) is 0 Å². The zero-order valence-corrected chi connectivity index (χ0v) is 14.5. The van der Waals surface area contributed by atoms with E-state index in [2.05, 4.69) is 19.2 Å². The van der Waals surface area contributed by atoms with Crippen molar-refractivity contribution in [3.63, 3.8) is 0 Å². The number of hydrogen-bond donors (Lipinski definition) is 1. The standard InChI is InChI=1S/C17H24ClN3O2/c1-13(2)12-19-17(23)21-9-3-8-20(10-11-21)16(22)14-4-6-15(18)7-5-14/h4-7,13H,3,8-12H2,1-2H3,(H,19,23). The van der Waals surface area contributed by atoms with Crippen molar-refractivity contribution in [2.75, 3.05) is 32.7 Å². The molecule has 0 saturated carbocycles. The van der Waals surface area contributed by atoms with Crippen molar-refractivity contribution in [1.82, 2.24) is 15.1 Å². The second-order valence-corrected chi connectivity index (χ2v) is 6.66. The number of amides is 3. The Labute approximate surface area is 142 Å². The number of nitrogens with one attached hydrogen (secondary N) is 1. The summed E-state index contributed by atoms with van der Waals surface area (Å²) in [4.78, 5) is 28.2. The van der Waals surface area contributed by atoms with Crippen molar-refractivity contribution in [3.05, 3.63) is 34.9 Å². The minimum Gasteiger partial charge on any atom is -0.338 e. The molecule has 5 nitrogen and oxygen atoms in total. The van der Waals surface area contributed by atoms with Gasteiger partial charge in [0.1, 0.15) is 0 Å². The van der Waals surface area contributed by atoms with E-state index in [0.29, 0.717) is 49.2 Å². The Balaban J connectivity index is 1.91. The molecule has 0 aromatic heterocycles. The van der Waals surface area contributed by atoms with E-state index in [9.17, 15) is 9.59 Å². The second kappa shape index (κ2) is 8.20. The van der Waals surface area contributed by atoms with Crippen molar-refractivity contribution in [3.8, 4) is 0 Å². The lowest BCUT2D eigenvalue weighted by Crippen LogP contribution is -2.43. The normalized spacial score (nSPS) is 15.5. The summed E-state index contributed by atoms with van der Waals surface area (Å²) >= 11 is 5.86. The molecule has 23 heavy (non-hydrogen) atoms. The van der Waals surface area contributed by atoms with Gasteiger partial charge in [0.25, 0.3) is 5.91 Å². The third-order valence-corrected chi connectivity index (χ3v) is 4.08. The quantitative estimate of drug-likeness (QED) is 0.922. The summed E-state index contributed by atoms with van der Waals surface area (Å²) in [6.07, 6.45) is 0.786. The van der Waals surface area contributed by atoms with Crippen molar-refractivity contribution in [2.24, 2.45) is 5.92 Å². The first kappa shape index (κ1) is 17.6. The fraction of sp³-hybridized carbons (Fsp3) is 0.529. The molecule has 1 aromatic rings. The summed E-state index contributed by atoms with van der Waals surface area (Å²) in [7, 11) is 0. The molecular weight excluding hydrogens is 314 g/mol. The van der Waals surface area contributed by atoms with Gasteiger partial charge in [0.05, 0.1) is 0 Å². The van der Waals surface area contributed by atoms with E-state index < -0.39 is 0 Å². The van der Waals surface area contributed by atoms with Gasteiger partial charge in [0.2, 0.25) is 0 Å². The molecular formula is C17H24ClN3O2. The zero-order valence-electron chi connectivity index (χ0n) is 13.7. The summed E-state index contributed by atoms with van der Waals surface area (Å²) in [6.45, 7) is 7.25. The average Bonchev–Trinajstić information content (AvgIpc) is 2.78. The van der Waals surface area contributed by atoms with Crippen molar-refractivity contribution in [2.45, 2.75) is 20.3 Å². The van der Waals surface area contributed by atoms with Crippen LogP contribution in [0.4, 0.5) is 4.79 Å². The Kier molecular flexibility index (Phi) is 6.28. The third kappa shape index (κ3) is 5.13. The van der Waals surface area contributed by atoms with Crippen LogP contribution in [0.5, 0.6) is 0 Å². The first-order valence-electron chi connectivity index (χ1n) is 8.05. The van der Waals surface area contributed by atoms with Gasteiger partial charge < -0.3 is 15.1 Å². The number of rotatable bonds is 3. The molecule has 3 amide bonds. The monoisotopic (exact) mass is 337 g/mol. The van der Waals surface area contributed by atoms with Gasteiger partial charge in [0.15, 0.2) is 0 Å². The first-order valence-corrected chi connectivity index (χ1v) is 8.43. The summed E-state index contributed by atoms with van der Waals surface area (Å²) in [5.41, 5.74) is 0.632. The number of halogens is 1. The van der Waals surface area contributed by atoms with Crippen LogP contribution in [0.25, 0.3) is 0 Å². The van der Waals surface area contributed by atoms with Crippen LogP contribution in [0.1, 0.15) is 30.6 Å². The van der Waals surface area contributed by atoms with Crippen LogP contribution in [0.2, 0.25) is 5.02 Å². The average molecular weight is 338 g/mol. The molecule has 1 aliphatic rings. The summed E-state index contributed by atoms with van der Waals surface area (Å²) < 4.78 is 0. The van der Waals surface area contributed by atoms with Crippen LogP contribution in [0, 0.1) is 5.92 Å². The van der Waals surface area contributed by atoms with Crippen LogP contribution >= 0.6 is 11.6 Å². The van der Waals surface area contributed by atoms with Gasteiger partial charge in [-0.05, 0) is 36.6 Å². The van der Waals surface area contributed by atoms with Crippen LogP contribution in [0.15, 0.2) is 24.3 Å². The van der Waals surface area contributed by atoms with E-state index in [0.717, 1.165) is 6.42 Å². The minimum atomic E-state index is -0.0421. The lowest BCUT2D eigenvalue weighted by atomic mass is 10.2. The van der Waals surface area contributed by atoms with E-state index in [1.807, 2.05) is 0 Å². The molecule has 0 bridgehead atoms. The minimum absolute atomic E-state index is 0.00824. The highest BCUT2D eigenvalue weighted by molar-refractivity contribution is 6.30. The fourth-order valence-electron chi connectivity index (χ4n) is 2.50. The summed E-state index contributed by atoms with van der Waals surface area (Å²) in [6, 6.07) is 6.88. The second-order valence-electron chi connectivity index (χ2n) is 6.22. The SMILES string of the molecule is CC(C)CNC(=O)N1CCCN(C(=O)c2ccc(Cl)cc2)CC1. The lowest BCUT2D eigenvalue weighted by molar-refractivity contribution is 0.0762. The van der Waals surface area contributed by atoms with Crippen molar-refractivity contribution < 1.29 is 9.59 Å². The van der Waals surface area contributed by atoms with Crippen molar-refractivity contribution >= 4 is 23.5 Å². The number of carbonyl (C=O) groups excluding carboxylic acids is 2. The summed E-state index contributed by atoms with van der Waals surface area (Å²) in [5, 5.41) is 3.55. The molecule has 126 valence electrons. The van der Waals surface area contributed by atoms with Crippen molar-refractivity contribution in [1.29, 1.82) is 0 Å². The molecule has 1 aliphatic heterocycles. The molecule has 0 spiro atoms. The molecule has 6 heteroatoms. The Hall–Kier alpha value is -1.75. The summed E-state index contributed by atoms with van der Waals surface area (Å²) in [5.74, 6) is 0.417. The van der Waals surface area contributed by atoms with E-state index >= 15 is 0 Å². The topological polar surface area (TPSA) is 52.7 Å². The molecule has 2 rings (SSSR count). The predicted octanol–water partition coefficient (Wildman–Crippen LogP) is 2.85. The highest BCUT2D eigenvalue weighted by atomic mass is 35.5. The fourth-order valence-corrected chi connectivity index (χ4v) is 2.63. The Morgan fingerprint density at radius 3 is 2.35 bits per heavy atom. The number of urea groups is 1.